The number of aromatic nitrogens is 2. The molecule has 0 fully saturated rings. The van der Waals surface area contributed by atoms with Crippen molar-refractivity contribution < 1.29 is 123 Å². The molecule has 2 aromatic rings. The van der Waals surface area contributed by atoms with Gasteiger partial charge in [0.25, 0.3) is 5.69 Å². The number of benzene rings is 1. The minimum Gasteiger partial charge on any atom is -0.652 e. The second-order valence-corrected chi connectivity index (χ2v) is 4.03. The van der Waals surface area contributed by atoms with Crippen LogP contribution < -0.4 is 113 Å². The molecular weight excluding hydrogens is 400 g/mol. The van der Waals surface area contributed by atoms with Crippen molar-refractivity contribution in [2.75, 3.05) is 0 Å². The first-order chi connectivity index (χ1) is 8.91. The first-order valence-electron chi connectivity index (χ1n) is 4.72. The first kappa shape index (κ1) is 24.1. The maximum Gasteiger partial charge on any atom is 1.00 e. The van der Waals surface area contributed by atoms with Gasteiger partial charge in [-0.15, -0.1) is 0 Å². The van der Waals surface area contributed by atoms with Gasteiger partial charge in [0.15, 0.2) is 0 Å². The van der Waals surface area contributed by atoms with Crippen molar-refractivity contribution in [1.29, 1.82) is 0 Å². The Morgan fingerprint density at radius 3 is 2.29 bits per heavy atom. The quantitative estimate of drug-likeness (QED) is 0.278. The molecule has 0 saturated heterocycles. The number of imidazole rings is 1. The van der Waals surface area contributed by atoms with E-state index in [-0.39, 0.29) is 108 Å². The molecule has 1 aromatic heterocycles. The summed E-state index contributed by atoms with van der Waals surface area (Å²) in [6, 6.07) is 4.89. The third kappa shape index (κ3) is 8.90. The number of halogens is 1. The van der Waals surface area contributed by atoms with E-state index in [1.807, 2.05) is 0 Å². The van der Waals surface area contributed by atoms with Gasteiger partial charge in [-0.1, -0.05) is 15.9 Å². The smallest absolute Gasteiger partial charge is 0.652 e. The van der Waals surface area contributed by atoms with Gasteiger partial charge in [0.05, 0.1) is 11.3 Å². The van der Waals surface area contributed by atoms with Crippen LogP contribution in [0.3, 0.4) is 0 Å². The van der Waals surface area contributed by atoms with Gasteiger partial charge in [-0.25, -0.2) is 4.98 Å². The van der Waals surface area contributed by atoms with Crippen LogP contribution in [0.5, 0.6) is 0 Å². The van der Waals surface area contributed by atoms with Crippen molar-refractivity contribution in [2.24, 2.45) is 0 Å². The second kappa shape index (κ2) is 12.3. The van der Waals surface area contributed by atoms with E-state index in [1.54, 1.807) is 29.1 Å². The number of rotatable bonds is 2. The van der Waals surface area contributed by atoms with Crippen LogP contribution in [0.4, 0.5) is 10.5 Å². The summed E-state index contributed by atoms with van der Waals surface area (Å²) in [5.74, 6) is 0. The maximum atomic E-state index is 10.8. The molecule has 0 amide bonds. The van der Waals surface area contributed by atoms with E-state index in [0.29, 0.717) is 10.2 Å². The van der Waals surface area contributed by atoms with Gasteiger partial charge >= 0.3 is 103 Å². The average Bonchev–Trinajstić information content (AvgIpc) is 2.81. The number of carbonyl (C=O) groups excluding carboxylic acids is 1. The van der Waals surface area contributed by atoms with Gasteiger partial charge in [0.1, 0.15) is 5.69 Å². The van der Waals surface area contributed by atoms with Crippen LogP contribution in [0, 0.1) is 10.1 Å². The largest absolute Gasteiger partial charge is 1.00 e. The van der Waals surface area contributed by atoms with Crippen LogP contribution in [0.2, 0.25) is 0 Å². The molecule has 0 radical (unpaired) electrons. The van der Waals surface area contributed by atoms with E-state index in [2.05, 4.69) is 20.9 Å². The van der Waals surface area contributed by atoms with Gasteiger partial charge in [0.2, 0.25) is 0 Å². The summed E-state index contributed by atoms with van der Waals surface area (Å²) in [6.45, 7) is 0. The Morgan fingerprint density at radius 2 is 1.86 bits per heavy atom. The Hall–Kier alpha value is 0.853. The molecular formula is C10H6BrK2N3O5. The molecule has 2 rings (SSSR count). The summed E-state index contributed by atoms with van der Waals surface area (Å²) >= 11 is 3.20. The molecule has 0 aliphatic rings. The third-order valence-corrected chi connectivity index (χ3v) is 2.41. The molecule has 0 spiro atoms. The van der Waals surface area contributed by atoms with E-state index < -0.39 is 11.1 Å². The molecule has 0 saturated carbocycles. The molecule has 21 heavy (non-hydrogen) atoms. The molecule has 11 heteroatoms. The number of nitrogens with zero attached hydrogens (tertiary/aromatic N) is 3. The number of carboxylic acid groups (broad SMARTS) is 2. The minimum absolute atomic E-state index is 0. The standard InChI is InChI=1S/C9H6BrN3O2.CH2O3.2K/c10-7-1-2-8(9(5-7)13(14)15)12-4-3-11-6-12;2-1(3)4;;/h1-6H;(H2,2,3,4);;/q;;2*+1/p-2. The SMILES string of the molecule is O=C([O-])[O-].O=[N+]([O-])c1cc(Br)ccc1-n1ccnc1.[K+].[K+]. The summed E-state index contributed by atoms with van der Waals surface area (Å²) in [5.41, 5.74) is 0.545. The number of hydrogen-bond donors (Lipinski definition) is 0. The predicted octanol–water partition coefficient (Wildman–Crippen LogP) is -5.90. The minimum atomic E-state index is -2.33. The Morgan fingerprint density at radius 1 is 1.29 bits per heavy atom. The molecule has 1 aromatic carbocycles. The van der Waals surface area contributed by atoms with Crippen LogP contribution in [0.15, 0.2) is 41.4 Å². The molecule has 1 heterocycles. The Bertz CT molecular complexity index is 590. The molecule has 0 aliphatic heterocycles. The predicted molar refractivity (Wildman–Crippen MR) is 63.3 cm³/mol. The molecule has 0 N–H and O–H groups in total. The van der Waals surface area contributed by atoms with E-state index in [4.69, 9.17) is 15.0 Å². The molecule has 0 bridgehead atoms. The fraction of sp³-hybridized carbons (Fsp3) is 0. The Balaban J connectivity index is 0. The van der Waals surface area contributed by atoms with Crippen LogP contribution in [0.1, 0.15) is 0 Å². The van der Waals surface area contributed by atoms with Crippen molar-refractivity contribution in [3.8, 4) is 5.69 Å². The fourth-order valence-corrected chi connectivity index (χ4v) is 1.61. The molecule has 100 valence electrons. The molecule has 0 atom stereocenters. The summed E-state index contributed by atoms with van der Waals surface area (Å²) in [4.78, 5) is 22.6. The fourth-order valence-electron chi connectivity index (χ4n) is 1.26. The number of nitro benzene ring substituents is 1. The van der Waals surface area contributed by atoms with E-state index in [1.165, 1.54) is 12.4 Å². The van der Waals surface area contributed by atoms with Crippen LogP contribution in [-0.2, 0) is 0 Å². The van der Waals surface area contributed by atoms with Crippen molar-refractivity contribution in [1.82, 2.24) is 9.55 Å². The van der Waals surface area contributed by atoms with E-state index in [9.17, 15) is 10.1 Å². The van der Waals surface area contributed by atoms with Crippen molar-refractivity contribution in [3.63, 3.8) is 0 Å². The zero-order valence-electron chi connectivity index (χ0n) is 11.2. The van der Waals surface area contributed by atoms with Crippen LogP contribution >= 0.6 is 15.9 Å². The van der Waals surface area contributed by atoms with Gasteiger partial charge in [-0.05, 0) is 18.3 Å². The molecule has 0 aliphatic carbocycles. The van der Waals surface area contributed by atoms with E-state index in [0.717, 1.165) is 0 Å². The third-order valence-electron chi connectivity index (χ3n) is 1.92. The van der Waals surface area contributed by atoms with Crippen molar-refractivity contribution in [3.05, 3.63) is 51.5 Å². The monoisotopic (exact) mass is 405 g/mol. The molecule has 8 nitrogen and oxygen atoms in total. The number of nitro groups is 1. The van der Waals surface area contributed by atoms with Gasteiger partial charge in [0, 0.05) is 22.9 Å². The number of hydrogen-bond acceptors (Lipinski definition) is 6. The average molecular weight is 406 g/mol. The topological polar surface area (TPSA) is 124 Å². The van der Waals surface area contributed by atoms with Gasteiger partial charge in [-0.3, -0.25) is 10.1 Å². The zero-order chi connectivity index (χ0) is 14.4. The van der Waals surface area contributed by atoms with Crippen LogP contribution in [-0.4, -0.2) is 20.6 Å². The van der Waals surface area contributed by atoms with Crippen molar-refractivity contribution >= 4 is 27.8 Å². The van der Waals surface area contributed by atoms with Crippen molar-refractivity contribution in [2.45, 2.75) is 0 Å². The Labute approximate surface area is 213 Å². The molecule has 0 unspecified atom stereocenters. The van der Waals surface area contributed by atoms with Crippen LogP contribution in [0.25, 0.3) is 5.69 Å². The van der Waals surface area contributed by atoms with Gasteiger partial charge < -0.3 is 19.6 Å². The summed E-state index contributed by atoms with van der Waals surface area (Å²) in [7, 11) is 0. The first-order valence-corrected chi connectivity index (χ1v) is 5.51. The normalized spacial score (nSPS) is 8.43. The zero-order valence-corrected chi connectivity index (χ0v) is 19.1. The second-order valence-electron chi connectivity index (χ2n) is 3.11. The summed E-state index contributed by atoms with van der Waals surface area (Å²) in [6.07, 6.45) is 2.43. The number of carbonyl (C=O) groups is 1. The summed E-state index contributed by atoms with van der Waals surface area (Å²) < 4.78 is 2.28. The Kier molecular flexibility index (Phi) is 14.1. The van der Waals surface area contributed by atoms with Gasteiger partial charge in [-0.2, -0.15) is 0 Å². The maximum absolute atomic E-state index is 10.8. The summed E-state index contributed by atoms with van der Waals surface area (Å²) in [5, 5.41) is 27.5. The van der Waals surface area contributed by atoms with E-state index >= 15 is 0 Å².